The number of aliphatic hydroxyl groups is 1. The molecule has 2 aliphatic rings. The molecule has 4 N–H and O–H groups in total. The first-order valence-corrected chi connectivity index (χ1v) is 7.70. The van der Waals surface area contributed by atoms with Crippen LogP contribution in [0.2, 0.25) is 0 Å². The molecular weight excluding hydrogens is 314 g/mol. The summed E-state index contributed by atoms with van der Waals surface area (Å²) < 4.78 is 0. The Morgan fingerprint density at radius 2 is 2.12 bits per heavy atom. The van der Waals surface area contributed by atoms with Crippen LogP contribution in [0.4, 0.5) is 0 Å². The lowest BCUT2D eigenvalue weighted by molar-refractivity contribution is -0.151. The minimum Gasteiger partial charge on any atom is -0.395 e. The number of rotatable bonds is 5. The highest BCUT2D eigenvalue weighted by Crippen LogP contribution is 2.44. The monoisotopic (exact) mass is 335 g/mol. The molecule has 0 aromatic carbocycles. The van der Waals surface area contributed by atoms with Gasteiger partial charge in [0, 0.05) is 20.0 Å². The van der Waals surface area contributed by atoms with Gasteiger partial charge in [-0.1, -0.05) is 24.3 Å². The van der Waals surface area contributed by atoms with Crippen LogP contribution in [0.3, 0.4) is 0 Å². The summed E-state index contributed by atoms with van der Waals surface area (Å²) in [6, 6.07) is 0. The van der Waals surface area contributed by atoms with Crippen molar-refractivity contribution in [2.24, 2.45) is 23.0 Å². The quantitative estimate of drug-likeness (QED) is 0.538. The Morgan fingerprint density at radius 3 is 2.71 bits per heavy atom. The topological polar surface area (TPSA) is 130 Å². The molecule has 8 heteroatoms. The van der Waals surface area contributed by atoms with E-state index in [-0.39, 0.29) is 26.0 Å². The van der Waals surface area contributed by atoms with Crippen LogP contribution in [0.15, 0.2) is 24.3 Å². The van der Waals surface area contributed by atoms with Gasteiger partial charge >= 0.3 is 0 Å². The number of amides is 4. The SMILES string of the molecule is CN(CCO)C(=O)C1C=CC=CC1(C(N)=O)C1CCC(=O)NC1=O. The molecule has 2 rings (SSSR count). The van der Waals surface area contributed by atoms with Gasteiger partial charge < -0.3 is 15.7 Å². The number of primary amides is 1. The lowest BCUT2D eigenvalue weighted by atomic mass is 9.61. The molecule has 1 aliphatic heterocycles. The third kappa shape index (κ3) is 2.96. The van der Waals surface area contributed by atoms with Crippen LogP contribution >= 0.6 is 0 Å². The van der Waals surface area contributed by atoms with E-state index in [0.717, 1.165) is 0 Å². The van der Waals surface area contributed by atoms with Gasteiger partial charge in [0.15, 0.2) is 0 Å². The van der Waals surface area contributed by atoms with Crippen LogP contribution in [0, 0.1) is 17.3 Å². The van der Waals surface area contributed by atoms with Gasteiger partial charge in [-0.2, -0.15) is 0 Å². The molecule has 0 radical (unpaired) electrons. The summed E-state index contributed by atoms with van der Waals surface area (Å²) in [6.45, 7) is -0.131. The Kier molecular flexibility index (Phi) is 5.18. The van der Waals surface area contributed by atoms with Crippen molar-refractivity contribution in [3.63, 3.8) is 0 Å². The number of nitrogens with one attached hydrogen (secondary N) is 1. The number of nitrogens with zero attached hydrogens (tertiary/aromatic N) is 1. The van der Waals surface area contributed by atoms with E-state index in [4.69, 9.17) is 10.8 Å². The van der Waals surface area contributed by atoms with Crippen molar-refractivity contribution in [1.82, 2.24) is 10.2 Å². The van der Waals surface area contributed by atoms with Crippen molar-refractivity contribution < 1.29 is 24.3 Å². The van der Waals surface area contributed by atoms with E-state index >= 15 is 0 Å². The van der Waals surface area contributed by atoms with E-state index in [1.165, 1.54) is 24.1 Å². The molecule has 0 saturated carbocycles. The van der Waals surface area contributed by atoms with Gasteiger partial charge in [0.1, 0.15) is 0 Å². The zero-order chi connectivity index (χ0) is 17.9. The molecule has 1 heterocycles. The van der Waals surface area contributed by atoms with Gasteiger partial charge in [-0.25, -0.2) is 0 Å². The van der Waals surface area contributed by atoms with Gasteiger partial charge in [-0.15, -0.1) is 0 Å². The molecule has 24 heavy (non-hydrogen) atoms. The molecule has 3 atom stereocenters. The van der Waals surface area contributed by atoms with Crippen LogP contribution in [-0.2, 0) is 19.2 Å². The zero-order valence-electron chi connectivity index (χ0n) is 13.4. The van der Waals surface area contributed by atoms with Crippen molar-refractivity contribution in [3.8, 4) is 0 Å². The predicted molar refractivity (Wildman–Crippen MR) is 84.0 cm³/mol. The summed E-state index contributed by atoms with van der Waals surface area (Å²) in [5, 5.41) is 11.2. The number of aliphatic hydroxyl groups excluding tert-OH is 1. The lowest BCUT2D eigenvalue weighted by Crippen LogP contribution is -2.58. The smallest absolute Gasteiger partial charge is 0.231 e. The summed E-state index contributed by atoms with van der Waals surface area (Å²) in [5.74, 6) is -4.12. The normalized spacial score (nSPS) is 29.2. The molecule has 1 fully saturated rings. The molecule has 1 aliphatic carbocycles. The highest BCUT2D eigenvalue weighted by Gasteiger charge is 2.55. The van der Waals surface area contributed by atoms with Crippen LogP contribution in [0.1, 0.15) is 12.8 Å². The van der Waals surface area contributed by atoms with Crippen molar-refractivity contribution in [3.05, 3.63) is 24.3 Å². The lowest BCUT2D eigenvalue weighted by Gasteiger charge is -2.42. The Hall–Kier alpha value is -2.48. The maximum absolute atomic E-state index is 12.7. The van der Waals surface area contributed by atoms with Gasteiger partial charge in [0.2, 0.25) is 23.6 Å². The number of hydrogen-bond donors (Lipinski definition) is 3. The third-order valence-electron chi connectivity index (χ3n) is 4.62. The molecule has 4 amide bonds. The number of likely N-dealkylation sites (N-methyl/N-ethyl adjacent to an activating group) is 1. The van der Waals surface area contributed by atoms with Gasteiger partial charge in [-0.05, 0) is 6.42 Å². The first-order chi connectivity index (χ1) is 11.3. The molecular formula is C16H21N3O5. The van der Waals surface area contributed by atoms with E-state index in [1.807, 2.05) is 0 Å². The Morgan fingerprint density at radius 1 is 1.42 bits per heavy atom. The first kappa shape index (κ1) is 17.9. The number of nitrogens with two attached hydrogens (primary N) is 1. The number of carbonyl (C=O) groups is 4. The van der Waals surface area contributed by atoms with Crippen LogP contribution in [0.25, 0.3) is 0 Å². The van der Waals surface area contributed by atoms with Crippen molar-refractivity contribution in [2.45, 2.75) is 12.8 Å². The second-order valence-electron chi connectivity index (χ2n) is 6.01. The fourth-order valence-electron chi connectivity index (χ4n) is 3.33. The second kappa shape index (κ2) is 6.96. The molecule has 8 nitrogen and oxygen atoms in total. The Labute approximate surface area is 139 Å². The van der Waals surface area contributed by atoms with Gasteiger partial charge in [0.25, 0.3) is 0 Å². The molecule has 0 bridgehead atoms. The maximum Gasteiger partial charge on any atom is 0.231 e. The van der Waals surface area contributed by atoms with E-state index in [1.54, 1.807) is 12.2 Å². The highest BCUT2D eigenvalue weighted by atomic mass is 16.3. The van der Waals surface area contributed by atoms with Crippen LogP contribution in [-0.4, -0.2) is 53.8 Å². The van der Waals surface area contributed by atoms with Crippen molar-refractivity contribution in [1.29, 1.82) is 0 Å². The largest absolute Gasteiger partial charge is 0.395 e. The standard InChI is InChI=1S/C16H21N3O5/c1-19(8-9-20)14(23)11-4-2-3-7-16(11,15(17)24)10-5-6-12(21)18-13(10)22/h2-4,7,10-11,20H,5-6,8-9H2,1H3,(H2,17,24)(H,18,21,22). The molecule has 130 valence electrons. The molecule has 0 aromatic rings. The summed E-state index contributed by atoms with van der Waals surface area (Å²) in [4.78, 5) is 50.1. The number of piperidine rings is 1. The van der Waals surface area contributed by atoms with E-state index in [9.17, 15) is 19.2 Å². The fourth-order valence-corrected chi connectivity index (χ4v) is 3.33. The predicted octanol–water partition coefficient (Wildman–Crippen LogP) is -1.30. The molecule has 0 aromatic heterocycles. The Bertz CT molecular complexity index is 627. The van der Waals surface area contributed by atoms with E-state index < -0.39 is 40.9 Å². The summed E-state index contributed by atoms with van der Waals surface area (Å²) in [7, 11) is 1.50. The summed E-state index contributed by atoms with van der Waals surface area (Å²) in [6.07, 6.45) is 6.41. The zero-order valence-corrected chi connectivity index (χ0v) is 13.4. The minimum absolute atomic E-state index is 0.0797. The number of imide groups is 1. The number of hydrogen-bond acceptors (Lipinski definition) is 5. The highest BCUT2D eigenvalue weighted by molar-refractivity contribution is 6.04. The van der Waals surface area contributed by atoms with Gasteiger partial charge in [-0.3, -0.25) is 24.5 Å². The number of allylic oxidation sites excluding steroid dienone is 2. The first-order valence-electron chi connectivity index (χ1n) is 7.70. The Balaban J connectivity index is 2.45. The van der Waals surface area contributed by atoms with Crippen LogP contribution < -0.4 is 11.1 Å². The molecule has 3 unspecified atom stereocenters. The average Bonchev–Trinajstić information content (AvgIpc) is 2.54. The van der Waals surface area contributed by atoms with Crippen molar-refractivity contribution >= 4 is 23.6 Å². The average molecular weight is 335 g/mol. The third-order valence-corrected chi connectivity index (χ3v) is 4.62. The maximum atomic E-state index is 12.7. The van der Waals surface area contributed by atoms with Crippen LogP contribution in [0.5, 0.6) is 0 Å². The minimum atomic E-state index is -1.54. The fraction of sp³-hybridized carbons (Fsp3) is 0.500. The van der Waals surface area contributed by atoms with E-state index in [0.29, 0.717) is 0 Å². The molecule has 0 spiro atoms. The van der Waals surface area contributed by atoms with E-state index in [2.05, 4.69) is 5.32 Å². The van der Waals surface area contributed by atoms with Crippen molar-refractivity contribution in [2.75, 3.05) is 20.2 Å². The summed E-state index contributed by atoms with van der Waals surface area (Å²) >= 11 is 0. The second-order valence-corrected chi connectivity index (χ2v) is 6.01. The molecule has 1 saturated heterocycles. The number of carbonyl (C=O) groups excluding carboxylic acids is 4. The van der Waals surface area contributed by atoms with Gasteiger partial charge in [0.05, 0.1) is 23.9 Å². The summed E-state index contributed by atoms with van der Waals surface area (Å²) in [5.41, 5.74) is 4.08.